The minimum Gasteiger partial charge on any atom is -0.481 e. The highest BCUT2D eigenvalue weighted by Gasteiger charge is 2.45. The van der Waals surface area contributed by atoms with Crippen molar-refractivity contribution >= 4 is 30.9 Å². The Hall–Kier alpha value is -3.39. The molecule has 1 aliphatic rings. The number of ether oxygens (including phenoxy) is 1. The molecule has 3 aromatic rings. The fourth-order valence-electron chi connectivity index (χ4n) is 3.30. The number of carboxylic acid groups (broad SMARTS) is 1. The number of hydrogen-bond acceptors (Lipinski definition) is 14. The quantitative estimate of drug-likeness (QED) is 0.0941. The molecule has 0 amide bonds. The van der Waals surface area contributed by atoms with E-state index in [1.165, 1.54) is 23.2 Å². The Morgan fingerprint density at radius 2 is 1.98 bits per heavy atom. The molecule has 0 saturated carbocycles. The number of aromatic hydroxyl groups is 1. The summed E-state index contributed by atoms with van der Waals surface area (Å²) in [6.07, 6.45) is -0.640. The molecule has 0 radical (unpaired) electrons. The van der Waals surface area contributed by atoms with Gasteiger partial charge < -0.3 is 56.6 Å². The zero-order valence-corrected chi connectivity index (χ0v) is 21.8. The number of carboxylic acids is 1. The summed E-state index contributed by atoms with van der Waals surface area (Å²) >= 11 is 0. The normalized spacial score (nSPS) is 21.2. The van der Waals surface area contributed by atoms with E-state index < -0.39 is 56.5 Å². The number of anilines is 1. The summed E-state index contributed by atoms with van der Waals surface area (Å²) in [7, 11) is -4.76. The Morgan fingerprint density at radius 1 is 1.27 bits per heavy atom. The van der Waals surface area contributed by atoms with Gasteiger partial charge in [0.15, 0.2) is 17.4 Å². The average Bonchev–Trinajstić information content (AvgIpc) is 3.59. The number of aliphatic carboxylic acids is 1. The molecule has 13 N–H and O–H groups in total. The Morgan fingerprint density at radius 3 is 2.50 bits per heavy atom. The number of H-pyrrole nitrogens is 1. The molecule has 19 nitrogen and oxygen atoms in total. The first-order valence-corrected chi connectivity index (χ1v) is 13.1. The summed E-state index contributed by atoms with van der Waals surface area (Å²) in [5, 5.41) is 36.7. The van der Waals surface area contributed by atoms with Crippen LogP contribution in [0.15, 0.2) is 33.9 Å². The van der Waals surface area contributed by atoms with Crippen molar-refractivity contribution < 1.29 is 53.3 Å². The van der Waals surface area contributed by atoms with Crippen LogP contribution in [0.3, 0.4) is 0 Å². The topological polar surface area (TPSA) is 329 Å². The van der Waals surface area contributed by atoms with Crippen LogP contribution in [0.25, 0.3) is 11.2 Å². The third kappa shape index (κ3) is 9.66. The van der Waals surface area contributed by atoms with Crippen molar-refractivity contribution in [3.8, 4) is 5.95 Å². The second kappa shape index (κ2) is 14.8. The summed E-state index contributed by atoms with van der Waals surface area (Å²) in [6.45, 7) is -0.0475. The van der Waals surface area contributed by atoms with Crippen molar-refractivity contribution in [1.82, 2.24) is 19.5 Å². The Labute approximate surface area is 225 Å². The number of carbonyl (C=O) groups is 1. The van der Waals surface area contributed by atoms with Crippen molar-refractivity contribution in [2.24, 2.45) is 11.5 Å². The maximum absolute atomic E-state index is 11.7. The van der Waals surface area contributed by atoms with Gasteiger partial charge in [0.1, 0.15) is 24.4 Å². The highest BCUT2D eigenvalue weighted by Crippen LogP contribution is 2.38. The second-order valence-electron chi connectivity index (χ2n) is 8.29. The van der Waals surface area contributed by atoms with Crippen LogP contribution in [0.2, 0.25) is 0 Å². The number of phosphoric acid groups is 1. The van der Waals surface area contributed by atoms with Gasteiger partial charge in [0.05, 0.1) is 19.2 Å². The maximum atomic E-state index is 11.7. The maximum Gasteiger partial charge on any atom is 0.469 e. The van der Waals surface area contributed by atoms with Gasteiger partial charge in [-0.2, -0.15) is 4.98 Å². The fraction of sp³-hybridized carbons (Fsp3) is 0.500. The van der Waals surface area contributed by atoms with Crippen LogP contribution in [-0.2, 0) is 18.6 Å². The van der Waals surface area contributed by atoms with Gasteiger partial charge in [-0.25, -0.2) is 9.55 Å². The third-order valence-corrected chi connectivity index (χ3v) is 5.75. The number of unbranched alkanes of at least 4 members (excludes halogenated alkanes) is 1. The summed E-state index contributed by atoms with van der Waals surface area (Å²) < 4.78 is 26.0. The van der Waals surface area contributed by atoms with Crippen LogP contribution in [0, 0.1) is 0 Å². The second-order valence-corrected chi connectivity index (χ2v) is 9.53. The largest absolute Gasteiger partial charge is 0.481 e. The lowest BCUT2D eigenvalue weighted by atomic mass is 10.1. The molecule has 40 heavy (non-hydrogen) atoms. The predicted octanol–water partition coefficient (Wildman–Crippen LogP) is -2.06. The monoisotopic (exact) mass is 593 g/mol. The van der Waals surface area contributed by atoms with Gasteiger partial charge in [0, 0.05) is 6.07 Å². The van der Waals surface area contributed by atoms with E-state index in [4.69, 9.17) is 41.9 Å². The fourth-order valence-corrected chi connectivity index (χ4v) is 3.64. The van der Waals surface area contributed by atoms with Gasteiger partial charge in [0.25, 0.3) is 11.5 Å². The molecule has 5 atom stereocenters. The molecule has 0 aromatic carbocycles. The molecule has 224 valence electrons. The van der Waals surface area contributed by atoms with Crippen LogP contribution in [0.5, 0.6) is 5.95 Å². The molecule has 0 aliphatic carbocycles. The first-order valence-electron chi connectivity index (χ1n) is 11.6. The van der Waals surface area contributed by atoms with Crippen molar-refractivity contribution in [3.05, 3.63) is 35.1 Å². The van der Waals surface area contributed by atoms with E-state index in [-0.39, 0.29) is 23.1 Å². The van der Waals surface area contributed by atoms with Crippen LogP contribution in [0.4, 0.5) is 5.95 Å². The van der Waals surface area contributed by atoms with E-state index in [1.54, 1.807) is 6.07 Å². The van der Waals surface area contributed by atoms with E-state index in [0.29, 0.717) is 13.0 Å². The number of aliphatic hydroxyl groups excluding tert-OH is 2. The number of nitrogens with zero attached hydrogens (tertiary/aromatic N) is 3. The number of rotatable bonds is 9. The highest BCUT2D eigenvalue weighted by atomic mass is 31.2. The molecule has 0 unspecified atom stereocenters. The van der Waals surface area contributed by atoms with Crippen molar-refractivity contribution in [2.45, 2.75) is 49.8 Å². The molecule has 4 heterocycles. The standard InChI is InChI=1S/C10H14N5O8P.C6H14N2O2.C4H4O2/c11-10-13-7-4(8(18)14-10)12-2-15(7)9-6(17)5(16)3(23-9)1-22-24(19,20)21;7-4-2-1-3-5(8)6(9)10;5-4-2-1-3-6-4/h2-3,5-6,9,16-17H,1H2,(H2,19,20,21)(H3,11,13,14,18);5H,1-4,7-8H2,(H,9,10);1-3,5H/t3-,5-,6-,9-;5-;/m10./s1. The number of nitrogens with two attached hydrogens (primary N) is 3. The van der Waals surface area contributed by atoms with E-state index in [2.05, 4.69) is 23.9 Å². The van der Waals surface area contributed by atoms with E-state index in [0.717, 1.165) is 12.8 Å². The molecular formula is C20H32N7O12P. The summed E-state index contributed by atoms with van der Waals surface area (Å²) in [4.78, 5) is 49.3. The highest BCUT2D eigenvalue weighted by molar-refractivity contribution is 7.46. The van der Waals surface area contributed by atoms with E-state index >= 15 is 0 Å². The number of nitrogen functional groups attached to an aromatic ring is 1. The predicted molar refractivity (Wildman–Crippen MR) is 135 cm³/mol. The number of aromatic amines is 1. The van der Waals surface area contributed by atoms with Crippen molar-refractivity contribution in [3.63, 3.8) is 0 Å². The first kappa shape index (κ1) is 32.8. The number of imidazole rings is 1. The van der Waals surface area contributed by atoms with Crippen molar-refractivity contribution in [1.29, 1.82) is 0 Å². The van der Waals surface area contributed by atoms with Crippen LogP contribution >= 0.6 is 7.82 Å². The molecule has 1 fully saturated rings. The molecule has 1 saturated heterocycles. The lowest BCUT2D eigenvalue weighted by Crippen LogP contribution is -2.33. The summed E-state index contributed by atoms with van der Waals surface area (Å²) in [5.41, 5.74) is 15.3. The summed E-state index contributed by atoms with van der Waals surface area (Å²) in [6, 6.07) is 2.38. The Balaban J connectivity index is 0.000000287. The molecule has 0 spiro atoms. The number of nitrogens with one attached hydrogen (secondary N) is 1. The summed E-state index contributed by atoms with van der Waals surface area (Å²) in [5.74, 6) is -1.14. The number of hydrogen-bond donors (Lipinski definition) is 10. The molecule has 1 aliphatic heterocycles. The third-order valence-electron chi connectivity index (χ3n) is 5.26. The van der Waals surface area contributed by atoms with Crippen LogP contribution < -0.4 is 22.8 Å². The molecule has 0 bridgehead atoms. The smallest absolute Gasteiger partial charge is 0.469 e. The minimum atomic E-state index is -4.76. The molecule has 3 aromatic heterocycles. The number of aromatic nitrogens is 4. The zero-order chi connectivity index (χ0) is 30.0. The lowest BCUT2D eigenvalue weighted by molar-refractivity contribution is -0.138. The van der Waals surface area contributed by atoms with Gasteiger partial charge >= 0.3 is 13.8 Å². The Bertz CT molecular complexity index is 1310. The molecule has 4 rings (SSSR count). The number of aliphatic hydroxyl groups is 2. The Kier molecular flexibility index (Phi) is 12.2. The SMILES string of the molecule is NCCCC[C@H](N)C(=O)O.Nc1nc2c(ncn2[C@@H]2O[C@H](COP(=O)(O)O)[C@@H](O)[C@H]2O)c(=O)[nH]1.Oc1ccco1. The first-order chi connectivity index (χ1) is 18.7. The number of furan rings is 1. The molecule has 20 heteroatoms. The van der Waals surface area contributed by atoms with Gasteiger partial charge in [0.2, 0.25) is 5.95 Å². The van der Waals surface area contributed by atoms with Gasteiger partial charge in [-0.15, -0.1) is 0 Å². The minimum absolute atomic E-state index is 0.0176. The zero-order valence-electron chi connectivity index (χ0n) is 20.9. The van der Waals surface area contributed by atoms with Gasteiger partial charge in [-0.3, -0.25) is 23.7 Å². The van der Waals surface area contributed by atoms with E-state index in [9.17, 15) is 24.4 Å². The number of phosphoric ester groups is 1. The molecular weight excluding hydrogens is 561 g/mol. The number of fused-ring (bicyclic) bond motifs is 1. The van der Waals surface area contributed by atoms with Gasteiger partial charge in [-0.1, -0.05) is 6.42 Å². The van der Waals surface area contributed by atoms with Crippen molar-refractivity contribution in [2.75, 3.05) is 18.9 Å². The van der Waals surface area contributed by atoms with E-state index in [1.807, 2.05) is 0 Å². The van der Waals surface area contributed by atoms with Crippen LogP contribution in [0.1, 0.15) is 25.5 Å². The van der Waals surface area contributed by atoms with Crippen LogP contribution in [-0.4, -0.2) is 93.2 Å². The van der Waals surface area contributed by atoms with Gasteiger partial charge in [-0.05, 0) is 25.5 Å². The average molecular weight is 593 g/mol. The lowest BCUT2D eigenvalue weighted by Gasteiger charge is -2.16.